The third-order valence-electron chi connectivity index (χ3n) is 5.01. The molecule has 0 amide bonds. The highest BCUT2D eigenvalue weighted by Gasteiger charge is 2.13. The molecule has 0 aliphatic heterocycles. The van der Waals surface area contributed by atoms with Crippen LogP contribution in [0.4, 0.5) is 17.3 Å². The molecule has 0 aliphatic carbocycles. The number of halogens is 1. The summed E-state index contributed by atoms with van der Waals surface area (Å²) < 4.78 is 13.8. The molecule has 31 heavy (non-hydrogen) atoms. The van der Waals surface area contributed by atoms with Crippen LogP contribution in [0.5, 0.6) is 5.75 Å². The van der Waals surface area contributed by atoms with E-state index in [1.165, 1.54) is 0 Å². The van der Waals surface area contributed by atoms with Gasteiger partial charge < -0.3 is 19.7 Å². The fourth-order valence-electron chi connectivity index (χ4n) is 3.32. The standard InChI is InChI=1S/C23H24BrN5O2/c1-28(12-13-30-2)20-9-4-16(14-21(20)31-3)19-15-22-25-10-11-29(22)23(27-19)26-18-7-5-17(24)6-8-18/h4-11,14-15H,12-13H2,1-3H3,(H,26,27). The maximum absolute atomic E-state index is 5.67. The van der Waals surface area contributed by atoms with E-state index in [-0.39, 0.29) is 0 Å². The van der Waals surface area contributed by atoms with Crippen molar-refractivity contribution in [2.24, 2.45) is 0 Å². The first-order valence-electron chi connectivity index (χ1n) is 9.84. The number of likely N-dealkylation sites (N-methyl/N-ethyl adjacent to an activating group) is 1. The molecule has 0 bridgehead atoms. The largest absolute Gasteiger partial charge is 0.495 e. The first-order chi connectivity index (χ1) is 15.1. The van der Waals surface area contributed by atoms with Gasteiger partial charge in [0.05, 0.1) is 25.1 Å². The van der Waals surface area contributed by atoms with Crippen molar-refractivity contribution in [1.29, 1.82) is 0 Å². The Morgan fingerprint density at radius 3 is 2.65 bits per heavy atom. The number of methoxy groups -OCH3 is 2. The molecule has 160 valence electrons. The summed E-state index contributed by atoms with van der Waals surface area (Å²) in [7, 11) is 5.40. The lowest BCUT2D eigenvalue weighted by Gasteiger charge is -2.22. The lowest BCUT2D eigenvalue weighted by molar-refractivity contribution is 0.206. The highest BCUT2D eigenvalue weighted by molar-refractivity contribution is 9.10. The number of rotatable bonds is 8. The number of ether oxygens (including phenoxy) is 2. The molecule has 0 aliphatic rings. The second kappa shape index (κ2) is 9.36. The Labute approximate surface area is 189 Å². The third-order valence-corrected chi connectivity index (χ3v) is 5.54. The molecule has 2 aromatic carbocycles. The summed E-state index contributed by atoms with van der Waals surface area (Å²) >= 11 is 3.47. The molecule has 4 aromatic rings. The van der Waals surface area contributed by atoms with Crippen molar-refractivity contribution in [1.82, 2.24) is 14.4 Å². The molecule has 4 rings (SSSR count). The summed E-state index contributed by atoms with van der Waals surface area (Å²) in [6, 6.07) is 16.0. The number of imidazole rings is 1. The third kappa shape index (κ3) is 4.65. The normalized spacial score (nSPS) is 11.0. The summed E-state index contributed by atoms with van der Waals surface area (Å²) in [6.45, 7) is 1.41. The molecule has 0 atom stereocenters. The van der Waals surface area contributed by atoms with Crippen LogP contribution in [0.2, 0.25) is 0 Å². The number of nitrogens with one attached hydrogen (secondary N) is 1. The molecule has 0 radical (unpaired) electrons. The smallest absolute Gasteiger partial charge is 0.213 e. The first kappa shape index (κ1) is 21.1. The molecule has 7 nitrogen and oxygen atoms in total. The lowest BCUT2D eigenvalue weighted by atomic mass is 10.1. The van der Waals surface area contributed by atoms with Gasteiger partial charge in [-0.05, 0) is 36.4 Å². The predicted octanol–water partition coefficient (Wildman–Crippen LogP) is 4.99. The molecule has 8 heteroatoms. The van der Waals surface area contributed by atoms with Gasteiger partial charge in [0.25, 0.3) is 0 Å². The van der Waals surface area contributed by atoms with Crippen molar-refractivity contribution in [2.45, 2.75) is 0 Å². The van der Waals surface area contributed by atoms with Crippen LogP contribution in [0.1, 0.15) is 0 Å². The van der Waals surface area contributed by atoms with E-state index in [1.807, 2.05) is 66.2 Å². The van der Waals surface area contributed by atoms with Gasteiger partial charge in [-0.3, -0.25) is 4.40 Å². The Kier molecular flexibility index (Phi) is 6.39. The monoisotopic (exact) mass is 481 g/mol. The molecule has 2 aromatic heterocycles. The maximum Gasteiger partial charge on any atom is 0.213 e. The topological polar surface area (TPSA) is 63.9 Å². The molecule has 0 spiro atoms. The average Bonchev–Trinajstić information content (AvgIpc) is 3.27. The first-order valence-corrected chi connectivity index (χ1v) is 10.6. The fourth-order valence-corrected chi connectivity index (χ4v) is 3.59. The van der Waals surface area contributed by atoms with E-state index in [1.54, 1.807) is 20.4 Å². The number of anilines is 3. The fraction of sp³-hybridized carbons (Fsp3) is 0.217. The summed E-state index contributed by atoms with van der Waals surface area (Å²) in [5.41, 5.74) is 4.51. The Bertz CT molecular complexity index is 1180. The second-order valence-corrected chi connectivity index (χ2v) is 7.97. The van der Waals surface area contributed by atoms with E-state index in [0.717, 1.165) is 45.0 Å². The Morgan fingerprint density at radius 1 is 1.10 bits per heavy atom. The average molecular weight is 482 g/mol. The second-order valence-electron chi connectivity index (χ2n) is 7.05. The zero-order valence-corrected chi connectivity index (χ0v) is 19.3. The van der Waals surface area contributed by atoms with Crippen molar-refractivity contribution in [3.05, 3.63) is 65.4 Å². The summed E-state index contributed by atoms with van der Waals surface area (Å²) in [5.74, 6) is 1.47. The van der Waals surface area contributed by atoms with Crippen molar-refractivity contribution in [3.8, 4) is 17.0 Å². The van der Waals surface area contributed by atoms with Crippen LogP contribution in [0.3, 0.4) is 0 Å². The van der Waals surface area contributed by atoms with E-state index >= 15 is 0 Å². The molecule has 0 fully saturated rings. The maximum atomic E-state index is 5.67. The molecular weight excluding hydrogens is 458 g/mol. The van der Waals surface area contributed by atoms with Crippen LogP contribution in [0, 0.1) is 0 Å². The van der Waals surface area contributed by atoms with Crippen molar-refractivity contribution >= 4 is 38.9 Å². The van der Waals surface area contributed by atoms with Gasteiger partial charge in [-0.15, -0.1) is 0 Å². The number of benzene rings is 2. The van der Waals surface area contributed by atoms with E-state index in [0.29, 0.717) is 12.6 Å². The number of fused-ring (bicyclic) bond motifs is 1. The number of aromatic nitrogens is 3. The van der Waals surface area contributed by atoms with Crippen LogP contribution in [-0.4, -0.2) is 48.8 Å². The number of hydrogen-bond acceptors (Lipinski definition) is 6. The Balaban J connectivity index is 1.71. The van der Waals surface area contributed by atoms with Gasteiger partial charge in [0.2, 0.25) is 5.95 Å². The van der Waals surface area contributed by atoms with Gasteiger partial charge in [-0.1, -0.05) is 22.0 Å². The van der Waals surface area contributed by atoms with Gasteiger partial charge in [-0.25, -0.2) is 9.97 Å². The molecule has 0 unspecified atom stereocenters. The Morgan fingerprint density at radius 2 is 1.90 bits per heavy atom. The number of nitrogens with zero attached hydrogens (tertiary/aromatic N) is 4. The van der Waals surface area contributed by atoms with Crippen LogP contribution in [0.15, 0.2) is 65.4 Å². The SMILES string of the molecule is COCCN(C)c1ccc(-c2cc3nccn3c(Nc3ccc(Br)cc3)n2)cc1OC. The van der Waals surface area contributed by atoms with E-state index in [2.05, 4.69) is 31.1 Å². The van der Waals surface area contributed by atoms with Crippen molar-refractivity contribution in [2.75, 3.05) is 44.6 Å². The van der Waals surface area contributed by atoms with Gasteiger partial charge in [0.15, 0.2) is 0 Å². The Hall–Kier alpha value is -3.10. The summed E-state index contributed by atoms with van der Waals surface area (Å²) in [4.78, 5) is 11.4. The van der Waals surface area contributed by atoms with Gasteiger partial charge in [0.1, 0.15) is 11.4 Å². The molecule has 1 N–H and O–H groups in total. The van der Waals surface area contributed by atoms with Crippen LogP contribution >= 0.6 is 15.9 Å². The zero-order chi connectivity index (χ0) is 21.8. The highest BCUT2D eigenvalue weighted by Crippen LogP contribution is 2.33. The molecule has 0 saturated carbocycles. The highest BCUT2D eigenvalue weighted by atomic mass is 79.9. The summed E-state index contributed by atoms with van der Waals surface area (Å²) in [6.07, 6.45) is 3.66. The summed E-state index contributed by atoms with van der Waals surface area (Å²) in [5, 5.41) is 3.39. The minimum absolute atomic E-state index is 0.643. The quantitative estimate of drug-likeness (QED) is 0.382. The zero-order valence-electron chi connectivity index (χ0n) is 17.7. The van der Waals surface area contributed by atoms with Gasteiger partial charge in [0, 0.05) is 54.9 Å². The molecular formula is C23H24BrN5O2. The predicted molar refractivity (Wildman–Crippen MR) is 128 cm³/mol. The minimum Gasteiger partial charge on any atom is -0.495 e. The molecule has 0 saturated heterocycles. The van der Waals surface area contributed by atoms with Crippen LogP contribution in [-0.2, 0) is 4.74 Å². The number of hydrogen-bond donors (Lipinski definition) is 1. The van der Waals surface area contributed by atoms with Crippen LogP contribution < -0.4 is 15.0 Å². The minimum atomic E-state index is 0.643. The van der Waals surface area contributed by atoms with E-state index < -0.39 is 0 Å². The van der Waals surface area contributed by atoms with Gasteiger partial charge in [-0.2, -0.15) is 0 Å². The lowest BCUT2D eigenvalue weighted by Crippen LogP contribution is -2.22. The van der Waals surface area contributed by atoms with Crippen molar-refractivity contribution < 1.29 is 9.47 Å². The van der Waals surface area contributed by atoms with Crippen molar-refractivity contribution in [3.63, 3.8) is 0 Å². The van der Waals surface area contributed by atoms with Crippen LogP contribution in [0.25, 0.3) is 16.9 Å². The van der Waals surface area contributed by atoms with E-state index in [9.17, 15) is 0 Å². The van der Waals surface area contributed by atoms with Gasteiger partial charge >= 0.3 is 0 Å². The molecule has 2 heterocycles. The van der Waals surface area contributed by atoms with E-state index in [4.69, 9.17) is 14.5 Å².